The first-order valence-corrected chi connectivity index (χ1v) is 9.60. The monoisotopic (exact) mass is 504 g/mol. The van der Waals surface area contributed by atoms with Gasteiger partial charge in [-0.15, -0.1) is 19.8 Å². The third kappa shape index (κ3) is 6.03. The zero-order valence-corrected chi connectivity index (χ0v) is 17.0. The summed E-state index contributed by atoms with van der Waals surface area (Å²) in [6.45, 7) is 0. The molecule has 0 aliphatic heterocycles. The summed E-state index contributed by atoms with van der Waals surface area (Å²) in [6.07, 6.45) is -30.8. The molecule has 4 radical (unpaired) electrons. The van der Waals surface area contributed by atoms with Gasteiger partial charge in [-0.05, 0) is 10.4 Å². The minimum Gasteiger partial charge on any atom is -0.245 e. The van der Waals surface area contributed by atoms with E-state index in [1.807, 2.05) is 0 Å². The Labute approximate surface area is 188 Å². The molecule has 10 atom stereocenters. The average Bonchev–Trinajstić information content (AvgIpc) is 3.54. The van der Waals surface area contributed by atoms with Crippen LogP contribution in [0.3, 0.4) is 0 Å². The maximum absolute atomic E-state index is 14.2. The average molecular weight is 504 g/mol. The first-order chi connectivity index (χ1) is 15.9. The van der Waals surface area contributed by atoms with Gasteiger partial charge < -0.3 is 0 Å². The molecular weight excluding hydrogens is 488 g/mol. The predicted octanol–water partition coefficient (Wildman–Crippen LogP) is 3.08. The molecule has 0 spiro atoms. The van der Waals surface area contributed by atoms with Crippen LogP contribution in [0, 0.1) is 0 Å². The van der Waals surface area contributed by atoms with Gasteiger partial charge in [0.25, 0.3) is 0 Å². The van der Waals surface area contributed by atoms with E-state index in [9.17, 15) is 43.9 Å². The van der Waals surface area contributed by atoms with Crippen molar-refractivity contribution in [3.05, 3.63) is 23.8 Å². The van der Waals surface area contributed by atoms with Crippen molar-refractivity contribution in [3.8, 4) is 0 Å². The zero-order chi connectivity index (χ0) is 25.7. The highest BCUT2D eigenvalue weighted by Crippen LogP contribution is 2.31. The first kappa shape index (κ1) is 28.0. The summed E-state index contributed by atoms with van der Waals surface area (Å²) < 4.78 is 137. The van der Waals surface area contributed by atoms with Crippen LogP contribution in [0.15, 0.2) is 12.4 Å². The Hall–Kier alpha value is -2.29. The zero-order valence-electron chi connectivity index (χ0n) is 17.0. The number of hydrogen-bond acceptors (Lipinski definition) is 4. The molecule has 0 aliphatic carbocycles. The molecule has 0 saturated heterocycles. The third-order valence-corrected chi connectivity index (χ3v) is 4.69. The summed E-state index contributed by atoms with van der Waals surface area (Å²) in [7, 11) is 9.62. The van der Waals surface area contributed by atoms with Crippen LogP contribution < -0.4 is 0 Å². The number of aromatic nitrogens is 6. The molecule has 0 N–H and O–H groups in total. The maximum Gasteiger partial charge on any atom is 0.179 e. The minimum absolute atomic E-state index is 0.472. The molecule has 0 saturated carbocycles. The van der Waals surface area contributed by atoms with Crippen molar-refractivity contribution < 1.29 is 43.9 Å². The van der Waals surface area contributed by atoms with Crippen LogP contribution in [-0.4, -0.2) is 95.3 Å². The van der Waals surface area contributed by atoms with E-state index in [4.69, 9.17) is 15.7 Å². The molecule has 186 valence electrons. The summed E-state index contributed by atoms with van der Waals surface area (Å²) in [4.78, 5) is 0.944. The van der Waals surface area contributed by atoms with Crippen LogP contribution in [0.1, 0.15) is 23.7 Å². The summed E-state index contributed by atoms with van der Waals surface area (Å²) in [6, 6.07) is 0. The lowest BCUT2D eigenvalue weighted by atomic mass is 9.93. The smallest absolute Gasteiger partial charge is 0.179 e. The van der Waals surface area contributed by atoms with Gasteiger partial charge in [-0.1, -0.05) is 12.6 Å². The number of rotatable bonds is 13. The predicted molar refractivity (Wildman–Crippen MR) is 98.8 cm³/mol. The lowest BCUT2D eigenvalue weighted by molar-refractivity contribution is 0.00404. The summed E-state index contributed by atoms with van der Waals surface area (Å²) in [5, 5.41) is 12.8. The molecule has 0 aromatic carbocycles. The van der Waals surface area contributed by atoms with E-state index in [0.29, 0.717) is 22.0 Å². The normalized spacial score (nSPS) is 21.1. The topological polar surface area (TPSA) is 61.4 Å². The van der Waals surface area contributed by atoms with Gasteiger partial charge in [-0.25, -0.2) is 43.9 Å². The SMILES string of the molecule is [B]CC(F)C(F)C(F)C(F)C(F)c1cn(-n2cc(C(F)C(F)C(F)C(F)C(F)C[B])nn2)nn1. The molecule has 2 heterocycles. The molecule has 0 aliphatic rings. The second kappa shape index (κ2) is 11.9. The Kier molecular flexibility index (Phi) is 9.79. The fourth-order valence-electron chi connectivity index (χ4n) is 2.65. The van der Waals surface area contributed by atoms with Crippen molar-refractivity contribution >= 4 is 15.7 Å². The van der Waals surface area contributed by atoms with Crippen molar-refractivity contribution in [1.82, 2.24) is 30.2 Å². The highest BCUT2D eigenvalue weighted by molar-refractivity contribution is 6.09. The molecule has 6 nitrogen and oxygen atoms in total. The fourth-order valence-corrected chi connectivity index (χ4v) is 2.65. The van der Waals surface area contributed by atoms with Gasteiger partial charge in [0.15, 0.2) is 49.4 Å². The van der Waals surface area contributed by atoms with Crippen LogP contribution >= 0.6 is 0 Å². The minimum atomic E-state index is -3.23. The Morgan fingerprint density at radius 1 is 0.559 bits per heavy atom. The molecule has 10 unspecified atom stereocenters. The van der Waals surface area contributed by atoms with Crippen molar-refractivity contribution in [2.24, 2.45) is 0 Å². The van der Waals surface area contributed by atoms with Gasteiger partial charge in [-0.3, -0.25) is 0 Å². The van der Waals surface area contributed by atoms with Gasteiger partial charge in [0.05, 0.1) is 28.1 Å². The van der Waals surface area contributed by atoms with Crippen molar-refractivity contribution in [3.63, 3.8) is 0 Å². The molecule has 2 aromatic rings. The van der Waals surface area contributed by atoms with Crippen LogP contribution in [0.2, 0.25) is 12.6 Å². The van der Waals surface area contributed by atoms with Gasteiger partial charge in [0, 0.05) is 0 Å². The van der Waals surface area contributed by atoms with E-state index < -0.39 is 85.7 Å². The van der Waals surface area contributed by atoms with Crippen molar-refractivity contribution in [1.29, 1.82) is 0 Å². The van der Waals surface area contributed by atoms with E-state index >= 15 is 0 Å². The Morgan fingerprint density at radius 3 is 1.18 bits per heavy atom. The quantitative estimate of drug-likeness (QED) is 0.311. The van der Waals surface area contributed by atoms with Crippen molar-refractivity contribution in [2.45, 2.75) is 74.4 Å². The molecule has 18 heteroatoms. The van der Waals surface area contributed by atoms with E-state index in [0.717, 1.165) is 0 Å². The van der Waals surface area contributed by atoms with E-state index in [1.54, 1.807) is 0 Å². The van der Waals surface area contributed by atoms with Crippen LogP contribution in [-0.2, 0) is 0 Å². The van der Waals surface area contributed by atoms with E-state index in [-0.39, 0.29) is 0 Å². The second-order valence-corrected chi connectivity index (χ2v) is 7.10. The van der Waals surface area contributed by atoms with Crippen LogP contribution in [0.4, 0.5) is 43.9 Å². The largest absolute Gasteiger partial charge is 0.245 e. The third-order valence-electron chi connectivity index (χ3n) is 4.69. The summed E-state index contributed by atoms with van der Waals surface area (Å²) >= 11 is 0. The molecule has 2 aromatic heterocycles. The van der Waals surface area contributed by atoms with E-state index in [2.05, 4.69) is 20.6 Å². The standard InChI is InChI=1S/C16H16B2F10N6/c17-1-5(19)9(21)13(25)15(27)11(23)7-3-33(31-29-7)34-4-8(30-32-34)12(24)16(28)14(26)10(22)6(20)2-18/h3-6,9-16H,1-2H2. The Morgan fingerprint density at radius 2 is 0.882 bits per heavy atom. The van der Waals surface area contributed by atoms with E-state index in [1.165, 1.54) is 0 Å². The number of hydrogen-bond donors (Lipinski definition) is 0. The molecule has 0 amide bonds. The van der Waals surface area contributed by atoms with Gasteiger partial charge in [0.1, 0.15) is 23.7 Å². The molecule has 0 fully saturated rings. The molecular formula is C16H16B2F10N6. The fraction of sp³-hybridized carbons (Fsp3) is 0.750. The highest BCUT2D eigenvalue weighted by Gasteiger charge is 2.42. The summed E-state index contributed by atoms with van der Waals surface area (Å²) in [5.74, 6) is 0. The Bertz CT molecular complexity index is 822. The Balaban J connectivity index is 2.11. The lowest BCUT2D eigenvalue weighted by Crippen LogP contribution is -2.37. The van der Waals surface area contributed by atoms with Gasteiger partial charge in [0.2, 0.25) is 0 Å². The molecule has 0 bridgehead atoms. The maximum atomic E-state index is 14.2. The summed E-state index contributed by atoms with van der Waals surface area (Å²) in [5.41, 5.74) is -1.83. The first-order valence-electron chi connectivity index (χ1n) is 9.60. The highest BCUT2D eigenvalue weighted by atomic mass is 19.2. The van der Waals surface area contributed by atoms with Gasteiger partial charge in [-0.2, -0.15) is 0 Å². The van der Waals surface area contributed by atoms with Crippen LogP contribution in [0.5, 0.6) is 0 Å². The number of halogens is 10. The van der Waals surface area contributed by atoms with Crippen LogP contribution in [0.25, 0.3) is 0 Å². The second-order valence-electron chi connectivity index (χ2n) is 7.10. The van der Waals surface area contributed by atoms with Crippen molar-refractivity contribution in [2.75, 3.05) is 0 Å². The number of nitrogens with zero attached hydrogens (tertiary/aromatic N) is 6. The number of alkyl halides is 10. The molecule has 2 rings (SSSR count). The van der Waals surface area contributed by atoms with Gasteiger partial charge >= 0.3 is 0 Å². The lowest BCUT2D eigenvalue weighted by Gasteiger charge is -2.21. The molecule has 34 heavy (non-hydrogen) atoms.